The summed E-state index contributed by atoms with van der Waals surface area (Å²) in [5.41, 5.74) is 0.237. The Morgan fingerprint density at radius 1 is 1.45 bits per heavy atom. The number of nitrogens with zero attached hydrogens (tertiary/aromatic N) is 3. The molecular weight excluding hydrogens is 303 g/mol. The minimum absolute atomic E-state index is 0.0105. The molecule has 1 atom stereocenters. The number of hydrogen-bond donors (Lipinski definition) is 1. The van der Waals surface area contributed by atoms with Crippen LogP contribution in [0.1, 0.15) is 17.3 Å². The third-order valence-electron chi connectivity index (χ3n) is 2.98. The van der Waals surface area contributed by atoms with Crippen molar-refractivity contribution in [2.75, 3.05) is 32.8 Å². The quantitative estimate of drug-likeness (QED) is 0.904. The lowest BCUT2D eigenvalue weighted by molar-refractivity contribution is 0.0342. The number of hydrogen-bond acceptors (Lipinski definition) is 5. The van der Waals surface area contributed by atoms with Gasteiger partial charge in [-0.05, 0) is 13.0 Å². The maximum Gasteiger partial charge on any atom is 0.254 e. The summed E-state index contributed by atoms with van der Waals surface area (Å²) in [6.07, 6.45) is 0. The number of aromatic nitrogens is 2. The number of morpholine rings is 1. The fourth-order valence-electron chi connectivity index (χ4n) is 2.03. The molecule has 0 bridgehead atoms. The van der Waals surface area contributed by atoms with Crippen molar-refractivity contribution >= 4 is 29.1 Å². The normalized spacial score (nSPS) is 17.8. The molecule has 1 saturated heterocycles. The molecule has 1 aliphatic rings. The van der Waals surface area contributed by atoms with Gasteiger partial charge in [0, 0.05) is 25.7 Å². The van der Waals surface area contributed by atoms with E-state index in [2.05, 4.69) is 20.4 Å². The van der Waals surface area contributed by atoms with Crippen LogP contribution in [-0.4, -0.2) is 59.9 Å². The van der Waals surface area contributed by atoms with Gasteiger partial charge in [0.15, 0.2) is 10.3 Å². The third kappa shape index (κ3) is 4.28. The molecule has 0 aliphatic carbocycles. The first-order valence-corrected chi connectivity index (χ1v) is 7.11. The molecule has 6 nitrogen and oxygen atoms in total. The van der Waals surface area contributed by atoms with Gasteiger partial charge in [-0.3, -0.25) is 9.69 Å². The molecule has 0 radical (unpaired) electrons. The minimum Gasteiger partial charge on any atom is -0.379 e. The monoisotopic (exact) mass is 318 g/mol. The molecule has 20 heavy (non-hydrogen) atoms. The number of halogens is 2. The van der Waals surface area contributed by atoms with E-state index in [0.29, 0.717) is 0 Å². The van der Waals surface area contributed by atoms with Gasteiger partial charge in [0.1, 0.15) is 0 Å². The van der Waals surface area contributed by atoms with Crippen LogP contribution in [0.3, 0.4) is 0 Å². The van der Waals surface area contributed by atoms with E-state index in [1.54, 1.807) is 0 Å². The molecule has 1 aromatic rings. The average Bonchev–Trinajstić information content (AvgIpc) is 2.42. The number of carbonyl (C=O) groups excluding carboxylic acids is 1. The Morgan fingerprint density at radius 2 is 2.15 bits per heavy atom. The predicted molar refractivity (Wildman–Crippen MR) is 76.2 cm³/mol. The lowest BCUT2D eigenvalue weighted by Crippen LogP contribution is -2.46. The standard InChI is InChI=1S/C12H16Cl2N4O2/c1-8(7-18-2-4-20-5-3-18)15-12(19)9-6-10(13)16-17-11(9)14/h6,8H,2-5,7H2,1H3,(H,15,19). The molecule has 0 saturated carbocycles. The van der Waals surface area contributed by atoms with Crippen molar-refractivity contribution in [1.29, 1.82) is 0 Å². The number of ether oxygens (including phenoxy) is 1. The third-order valence-corrected chi connectivity index (χ3v) is 3.44. The molecule has 0 spiro atoms. The van der Waals surface area contributed by atoms with E-state index < -0.39 is 0 Å². The number of carbonyl (C=O) groups is 1. The predicted octanol–water partition coefficient (Wildman–Crippen LogP) is 1.23. The Morgan fingerprint density at radius 3 is 2.85 bits per heavy atom. The Labute approximate surface area is 127 Å². The van der Waals surface area contributed by atoms with Crippen molar-refractivity contribution in [2.24, 2.45) is 0 Å². The summed E-state index contributed by atoms with van der Waals surface area (Å²) in [6, 6.07) is 1.40. The van der Waals surface area contributed by atoms with E-state index >= 15 is 0 Å². The summed E-state index contributed by atoms with van der Waals surface area (Å²) < 4.78 is 5.28. The highest BCUT2D eigenvalue weighted by Gasteiger charge is 2.18. The second kappa shape index (κ2) is 7.17. The Balaban J connectivity index is 1.91. The van der Waals surface area contributed by atoms with Crippen molar-refractivity contribution in [3.63, 3.8) is 0 Å². The van der Waals surface area contributed by atoms with Gasteiger partial charge >= 0.3 is 0 Å². The first-order valence-electron chi connectivity index (χ1n) is 6.36. The molecule has 1 amide bonds. The van der Waals surface area contributed by atoms with Gasteiger partial charge in [0.05, 0.1) is 18.8 Å². The van der Waals surface area contributed by atoms with E-state index in [0.717, 1.165) is 32.8 Å². The van der Waals surface area contributed by atoms with Crippen LogP contribution in [0.2, 0.25) is 10.3 Å². The SMILES string of the molecule is CC(CN1CCOCC1)NC(=O)c1cc(Cl)nnc1Cl. The molecule has 2 heterocycles. The molecule has 1 N–H and O–H groups in total. The molecule has 1 unspecified atom stereocenters. The molecule has 1 aliphatic heterocycles. The van der Waals surface area contributed by atoms with Crippen molar-refractivity contribution in [3.05, 3.63) is 21.9 Å². The van der Waals surface area contributed by atoms with Crippen molar-refractivity contribution < 1.29 is 9.53 Å². The fraction of sp³-hybridized carbons (Fsp3) is 0.583. The van der Waals surface area contributed by atoms with Crippen LogP contribution in [0.5, 0.6) is 0 Å². The topological polar surface area (TPSA) is 67.3 Å². The van der Waals surface area contributed by atoms with Crippen molar-refractivity contribution in [2.45, 2.75) is 13.0 Å². The Kier molecular flexibility index (Phi) is 5.54. The number of nitrogens with one attached hydrogen (secondary N) is 1. The molecule has 2 rings (SSSR count). The average molecular weight is 319 g/mol. The second-order valence-corrected chi connectivity index (χ2v) is 5.40. The van der Waals surface area contributed by atoms with E-state index in [1.165, 1.54) is 6.07 Å². The summed E-state index contributed by atoms with van der Waals surface area (Å²) in [5, 5.41) is 10.3. The lowest BCUT2D eigenvalue weighted by Gasteiger charge is -2.29. The van der Waals surface area contributed by atoms with E-state index in [9.17, 15) is 4.79 Å². The lowest BCUT2D eigenvalue weighted by atomic mass is 10.2. The highest BCUT2D eigenvalue weighted by molar-refractivity contribution is 6.34. The van der Waals surface area contributed by atoms with Crippen LogP contribution in [0.15, 0.2) is 6.07 Å². The highest BCUT2D eigenvalue weighted by atomic mass is 35.5. The Hall–Kier alpha value is -0.950. The zero-order valence-corrected chi connectivity index (χ0v) is 12.6. The summed E-state index contributed by atoms with van der Waals surface area (Å²) in [6.45, 7) is 5.93. The van der Waals surface area contributed by atoms with Crippen LogP contribution in [-0.2, 0) is 4.74 Å². The van der Waals surface area contributed by atoms with Crippen LogP contribution in [0.25, 0.3) is 0 Å². The fourth-order valence-corrected chi connectivity index (χ4v) is 2.36. The van der Waals surface area contributed by atoms with E-state index in [4.69, 9.17) is 27.9 Å². The largest absolute Gasteiger partial charge is 0.379 e. The molecule has 1 aromatic heterocycles. The zero-order chi connectivity index (χ0) is 14.5. The highest BCUT2D eigenvalue weighted by Crippen LogP contribution is 2.15. The minimum atomic E-state index is -0.299. The van der Waals surface area contributed by atoms with Crippen LogP contribution < -0.4 is 5.32 Å². The van der Waals surface area contributed by atoms with Crippen LogP contribution in [0, 0.1) is 0 Å². The van der Waals surface area contributed by atoms with Gasteiger partial charge in [0.25, 0.3) is 5.91 Å². The summed E-state index contributed by atoms with van der Waals surface area (Å²) >= 11 is 11.6. The molecule has 8 heteroatoms. The van der Waals surface area contributed by atoms with Gasteiger partial charge in [-0.1, -0.05) is 23.2 Å². The van der Waals surface area contributed by atoms with E-state index in [1.807, 2.05) is 6.92 Å². The molecule has 0 aromatic carbocycles. The van der Waals surface area contributed by atoms with Crippen LogP contribution in [0.4, 0.5) is 0 Å². The first kappa shape index (κ1) is 15.4. The van der Waals surface area contributed by atoms with Gasteiger partial charge in [-0.15, -0.1) is 10.2 Å². The Bertz CT molecular complexity index is 481. The van der Waals surface area contributed by atoms with E-state index in [-0.39, 0.29) is 27.8 Å². The van der Waals surface area contributed by atoms with Gasteiger partial charge in [-0.25, -0.2) is 0 Å². The maximum atomic E-state index is 12.1. The van der Waals surface area contributed by atoms with Crippen LogP contribution >= 0.6 is 23.2 Å². The number of amides is 1. The summed E-state index contributed by atoms with van der Waals surface area (Å²) in [7, 11) is 0. The summed E-state index contributed by atoms with van der Waals surface area (Å²) in [5.74, 6) is -0.299. The van der Waals surface area contributed by atoms with Gasteiger partial charge in [0.2, 0.25) is 0 Å². The van der Waals surface area contributed by atoms with Crippen molar-refractivity contribution in [3.8, 4) is 0 Å². The molecule has 1 fully saturated rings. The number of rotatable bonds is 4. The van der Waals surface area contributed by atoms with Gasteiger partial charge in [-0.2, -0.15) is 0 Å². The van der Waals surface area contributed by atoms with Gasteiger partial charge < -0.3 is 10.1 Å². The second-order valence-electron chi connectivity index (χ2n) is 4.66. The zero-order valence-electron chi connectivity index (χ0n) is 11.1. The maximum absolute atomic E-state index is 12.1. The van der Waals surface area contributed by atoms with Crippen molar-refractivity contribution in [1.82, 2.24) is 20.4 Å². The molecule has 110 valence electrons. The smallest absolute Gasteiger partial charge is 0.254 e. The molecular formula is C12H16Cl2N4O2. The summed E-state index contributed by atoms with van der Waals surface area (Å²) in [4.78, 5) is 14.3. The first-order chi connectivity index (χ1) is 9.56.